The number of hydrogen-bond acceptors (Lipinski definition) is 3. The molecule has 0 spiro atoms. The van der Waals surface area contributed by atoms with Crippen LogP contribution in [0.15, 0.2) is 48.8 Å². The van der Waals surface area contributed by atoms with E-state index in [1.54, 1.807) is 23.2 Å². The van der Waals surface area contributed by atoms with Gasteiger partial charge in [-0.05, 0) is 36.4 Å². The van der Waals surface area contributed by atoms with Crippen LogP contribution in [-0.4, -0.2) is 36.6 Å². The molecule has 0 radical (unpaired) electrons. The maximum absolute atomic E-state index is 11.8. The van der Waals surface area contributed by atoms with Crippen molar-refractivity contribution >= 4 is 17.6 Å². The Balaban J connectivity index is 1.54. The molecule has 24 heavy (non-hydrogen) atoms. The Bertz CT molecular complexity index is 791. The lowest BCUT2D eigenvalue weighted by Gasteiger charge is -2.13. The van der Waals surface area contributed by atoms with Crippen molar-refractivity contribution in [2.75, 3.05) is 24.5 Å². The summed E-state index contributed by atoms with van der Waals surface area (Å²) in [6, 6.07) is 10.8. The third kappa shape index (κ3) is 3.70. The number of carbonyl (C=O) groups is 2. The van der Waals surface area contributed by atoms with Crippen molar-refractivity contribution in [3.8, 4) is 11.8 Å². The molecule has 3 amide bonds. The largest absolute Gasteiger partial charge is 0.341 e. The van der Waals surface area contributed by atoms with Crippen LogP contribution < -0.4 is 15.5 Å². The highest BCUT2D eigenvalue weighted by Gasteiger charge is 2.20. The smallest absolute Gasteiger partial charge is 0.321 e. The first-order valence-corrected chi connectivity index (χ1v) is 7.56. The van der Waals surface area contributed by atoms with Gasteiger partial charge in [0.15, 0.2) is 0 Å². The second kappa shape index (κ2) is 7.29. The highest BCUT2D eigenvalue weighted by Crippen LogP contribution is 2.16. The zero-order chi connectivity index (χ0) is 16.8. The molecule has 2 heterocycles. The van der Waals surface area contributed by atoms with Crippen LogP contribution in [0.3, 0.4) is 0 Å². The summed E-state index contributed by atoms with van der Waals surface area (Å²) in [5.74, 6) is 5.68. The summed E-state index contributed by atoms with van der Waals surface area (Å²) in [5, 5.41) is 5.48. The Morgan fingerprint density at radius 2 is 2.12 bits per heavy atom. The second-order valence-corrected chi connectivity index (χ2v) is 5.16. The Kier molecular flexibility index (Phi) is 4.73. The normalized spacial score (nSPS) is 13.0. The average Bonchev–Trinajstić information content (AvgIpc) is 3.06. The van der Waals surface area contributed by atoms with E-state index in [0.29, 0.717) is 18.7 Å². The summed E-state index contributed by atoms with van der Waals surface area (Å²) < 4.78 is 0. The highest BCUT2D eigenvalue weighted by molar-refractivity contribution is 5.94. The molecular weight excluding hydrogens is 304 g/mol. The predicted octanol–water partition coefficient (Wildman–Crippen LogP) is 1.39. The molecule has 1 saturated heterocycles. The van der Waals surface area contributed by atoms with Gasteiger partial charge in [0.05, 0.1) is 12.1 Å². The lowest BCUT2D eigenvalue weighted by molar-refractivity contribution is 0.0958. The van der Waals surface area contributed by atoms with E-state index < -0.39 is 0 Å². The number of pyridine rings is 1. The van der Waals surface area contributed by atoms with Gasteiger partial charge in [-0.2, -0.15) is 0 Å². The van der Waals surface area contributed by atoms with Crippen LogP contribution >= 0.6 is 0 Å². The predicted molar refractivity (Wildman–Crippen MR) is 90.6 cm³/mol. The number of carbonyl (C=O) groups excluding carboxylic acids is 2. The molecule has 6 heteroatoms. The Hall–Kier alpha value is -3.33. The van der Waals surface area contributed by atoms with E-state index in [1.165, 1.54) is 6.20 Å². The van der Waals surface area contributed by atoms with Gasteiger partial charge in [-0.3, -0.25) is 14.7 Å². The minimum absolute atomic E-state index is 0.0769. The highest BCUT2D eigenvalue weighted by atomic mass is 16.2. The molecule has 0 bridgehead atoms. The van der Waals surface area contributed by atoms with Crippen LogP contribution in [0.25, 0.3) is 0 Å². The Morgan fingerprint density at radius 3 is 2.79 bits per heavy atom. The van der Waals surface area contributed by atoms with Gasteiger partial charge >= 0.3 is 6.03 Å². The maximum Gasteiger partial charge on any atom is 0.321 e. The lowest BCUT2D eigenvalue weighted by atomic mass is 10.2. The van der Waals surface area contributed by atoms with Gasteiger partial charge in [0.25, 0.3) is 5.91 Å². The number of benzene rings is 1. The molecule has 1 aliphatic heterocycles. The minimum atomic E-state index is -0.201. The molecule has 6 nitrogen and oxygen atoms in total. The minimum Gasteiger partial charge on any atom is -0.341 e. The molecule has 0 atom stereocenters. The molecule has 0 saturated carbocycles. The van der Waals surface area contributed by atoms with Crippen LogP contribution in [0.1, 0.15) is 15.9 Å². The number of rotatable bonds is 3. The van der Waals surface area contributed by atoms with Crippen molar-refractivity contribution in [2.45, 2.75) is 0 Å². The van der Waals surface area contributed by atoms with Crippen molar-refractivity contribution in [2.24, 2.45) is 0 Å². The molecule has 1 fully saturated rings. The zero-order valence-electron chi connectivity index (χ0n) is 13.0. The molecule has 1 aromatic carbocycles. The lowest BCUT2D eigenvalue weighted by Crippen LogP contribution is -2.27. The first kappa shape index (κ1) is 15.6. The molecule has 2 N–H and O–H groups in total. The summed E-state index contributed by atoms with van der Waals surface area (Å²) in [6.45, 7) is 1.59. The SMILES string of the molecule is O=C(NCC#Cc1ccc(N2CCNC2=O)cc1)c1cccnc1. The summed E-state index contributed by atoms with van der Waals surface area (Å²) >= 11 is 0. The van der Waals surface area contributed by atoms with E-state index in [0.717, 1.165) is 11.3 Å². The van der Waals surface area contributed by atoms with E-state index in [9.17, 15) is 9.59 Å². The van der Waals surface area contributed by atoms with Crippen LogP contribution in [0.5, 0.6) is 0 Å². The fraction of sp³-hybridized carbons (Fsp3) is 0.167. The number of hydrogen-bond donors (Lipinski definition) is 2. The Labute approximate surface area is 139 Å². The van der Waals surface area contributed by atoms with Crippen molar-refractivity contribution in [3.05, 3.63) is 59.9 Å². The molecular formula is C18H16N4O2. The summed E-state index contributed by atoms with van der Waals surface area (Å²) in [7, 11) is 0. The number of anilines is 1. The molecule has 120 valence electrons. The molecule has 0 aliphatic carbocycles. The summed E-state index contributed by atoms with van der Waals surface area (Å²) in [5.41, 5.74) is 2.18. The van der Waals surface area contributed by atoms with Gasteiger partial charge < -0.3 is 10.6 Å². The third-order valence-electron chi connectivity index (χ3n) is 3.53. The molecule has 2 aromatic rings. The topological polar surface area (TPSA) is 74.3 Å². The maximum atomic E-state index is 11.8. The van der Waals surface area contributed by atoms with E-state index in [4.69, 9.17) is 0 Å². The molecule has 1 aromatic heterocycles. The number of nitrogens with zero attached hydrogens (tertiary/aromatic N) is 2. The summed E-state index contributed by atoms with van der Waals surface area (Å²) in [4.78, 5) is 29.0. The first-order valence-electron chi connectivity index (χ1n) is 7.56. The van der Waals surface area contributed by atoms with E-state index in [2.05, 4.69) is 27.5 Å². The summed E-state index contributed by atoms with van der Waals surface area (Å²) in [6.07, 6.45) is 3.13. The number of nitrogens with one attached hydrogen (secondary N) is 2. The quantitative estimate of drug-likeness (QED) is 0.839. The van der Waals surface area contributed by atoms with Gasteiger partial charge in [-0.1, -0.05) is 11.8 Å². The van der Waals surface area contributed by atoms with Crippen molar-refractivity contribution in [1.82, 2.24) is 15.6 Å². The van der Waals surface area contributed by atoms with Crippen LogP contribution in [0.2, 0.25) is 0 Å². The van der Waals surface area contributed by atoms with Crippen LogP contribution in [0, 0.1) is 11.8 Å². The molecule has 3 rings (SSSR count). The molecule has 0 unspecified atom stereocenters. The van der Waals surface area contributed by atoms with Crippen LogP contribution in [0.4, 0.5) is 10.5 Å². The van der Waals surface area contributed by atoms with Gasteiger partial charge in [0, 0.05) is 36.7 Å². The fourth-order valence-electron chi connectivity index (χ4n) is 2.31. The second-order valence-electron chi connectivity index (χ2n) is 5.16. The van der Waals surface area contributed by atoms with E-state index in [-0.39, 0.29) is 18.5 Å². The average molecular weight is 320 g/mol. The van der Waals surface area contributed by atoms with Gasteiger partial charge in [-0.15, -0.1) is 0 Å². The van der Waals surface area contributed by atoms with Crippen molar-refractivity contribution in [3.63, 3.8) is 0 Å². The number of urea groups is 1. The molecule has 1 aliphatic rings. The van der Waals surface area contributed by atoms with Crippen molar-refractivity contribution in [1.29, 1.82) is 0 Å². The van der Waals surface area contributed by atoms with E-state index in [1.807, 2.05) is 24.3 Å². The van der Waals surface area contributed by atoms with Gasteiger partial charge in [0.2, 0.25) is 0 Å². The van der Waals surface area contributed by atoms with Gasteiger partial charge in [-0.25, -0.2) is 4.79 Å². The van der Waals surface area contributed by atoms with Crippen LogP contribution in [-0.2, 0) is 0 Å². The number of amides is 3. The number of aromatic nitrogens is 1. The zero-order valence-corrected chi connectivity index (χ0v) is 13.0. The fourth-order valence-corrected chi connectivity index (χ4v) is 2.31. The Morgan fingerprint density at radius 1 is 1.29 bits per heavy atom. The standard InChI is InChI=1S/C18H16N4O2/c23-17(15-4-2-9-19-13-15)20-10-1-3-14-5-7-16(8-6-14)22-12-11-21-18(22)24/h2,4-9,13H,10-12H2,(H,20,23)(H,21,24). The van der Waals surface area contributed by atoms with Gasteiger partial charge in [0.1, 0.15) is 0 Å². The monoisotopic (exact) mass is 320 g/mol. The first-order chi connectivity index (χ1) is 11.7. The van der Waals surface area contributed by atoms with Crippen molar-refractivity contribution < 1.29 is 9.59 Å². The van der Waals surface area contributed by atoms with E-state index >= 15 is 0 Å². The third-order valence-corrected chi connectivity index (χ3v) is 3.53.